The Labute approximate surface area is 67.9 Å². The Bertz CT molecular complexity index is 146. The molecule has 0 amide bonds. The van der Waals surface area contributed by atoms with E-state index in [0.29, 0.717) is 12.0 Å². The zero-order valence-corrected chi connectivity index (χ0v) is 7.25. The summed E-state index contributed by atoms with van der Waals surface area (Å²) in [6, 6.07) is 0. The number of hydrogen-bond acceptors (Lipinski definition) is 2. The van der Waals surface area contributed by atoms with Crippen molar-refractivity contribution in [2.75, 3.05) is 6.61 Å². The van der Waals surface area contributed by atoms with E-state index >= 15 is 0 Å². The first kappa shape index (κ1) is 7.56. The molecule has 1 aliphatic carbocycles. The standard InChI is InChI=1S/C9H16O2/c1-6-5-8(6)9-10-4-3-7(2)11-9/h6-9H,3-5H2,1-2H3. The number of hydrogen-bond donors (Lipinski definition) is 0. The van der Waals surface area contributed by atoms with Crippen LogP contribution in [-0.2, 0) is 9.47 Å². The van der Waals surface area contributed by atoms with Crippen LogP contribution >= 0.6 is 0 Å². The lowest BCUT2D eigenvalue weighted by molar-refractivity contribution is -0.218. The Kier molecular flexibility index (Phi) is 1.90. The van der Waals surface area contributed by atoms with Crippen molar-refractivity contribution in [1.29, 1.82) is 0 Å². The molecule has 2 rings (SSSR count). The maximum Gasteiger partial charge on any atom is 0.160 e. The van der Waals surface area contributed by atoms with E-state index in [2.05, 4.69) is 13.8 Å². The predicted octanol–water partition coefficient (Wildman–Crippen LogP) is 1.79. The van der Waals surface area contributed by atoms with E-state index in [4.69, 9.17) is 9.47 Å². The van der Waals surface area contributed by atoms with Gasteiger partial charge in [-0.05, 0) is 25.7 Å². The van der Waals surface area contributed by atoms with Gasteiger partial charge < -0.3 is 9.47 Å². The van der Waals surface area contributed by atoms with Crippen molar-refractivity contribution in [2.24, 2.45) is 11.8 Å². The average Bonchev–Trinajstić information content (AvgIpc) is 2.67. The molecule has 4 atom stereocenters. The second-order valence-corrected chi connectivity index (χ2v) is 3.85. The van der Waals surface area contributed by atoms with Gasteiger partial charge in [-0.1, -0.05) is 6.92 Å². The molecule has 2 nitrogen and oxygen atoms in total. The van der Waals surface area contributed by atoms with Crippen LogP contribution in [-0.4, -0.2) is 19.0 Å². The first-order valence-corrected chi connectivity index (χ1v) is 4.54. The van der Waals surface area contributed by atoms with Gasteiger partial charge in [0.05, 0.1) is 12.7 Å². The van der Waals surface area contributed by atoms with E-state index in [-0.39, 0.29) is 6.29 Å². The van der Waals surface area contributed by atoms with Crippen molar-refractivity contribution in [3.05, 3.63) is 0 Å². The summed E-state index contributed by atoms with van der Waals surface area (Å²) in [4.78, 5) is 0. The molecule has 0 radical (unpaired) electrons. The number of rotatable bonds is 1. The van der Waals surface area contributed by atoms with E-state index in [1.165, 1.54) is 6.42 Å². The Morgan fingerprint density at radius 2 is 2.00 bits per heavy atom. The minimum atomic E-state index is 0.119. The molecule has 0 N–H and O–H groups in total. The van der Waals surface area contributed by atoms with E-state index in [9.17, 15) is 0 Å². The molecule has 4 unspecified atom stereocenters. The van der Waals surface area contributed by atoms with Crippen molar-refractivity contribution < 1.29 is 9.47 Å². The van der Waals surface area contributed by atoms with Gasteiger partial charge in [0.1, 0.15) is 0 Å². The summed E-state index contributed by atoms with van der Waals surface area (Å²) in [5.41, 5.74) is 0. The van der Waals surface area contributed by atoms with Gasteiger partial charge in [-0.2, -0.15) is 0 Å². The monoisotopic (exact) mass is 156 g/mol. The van der Waals surface area contributed by atoms with E-state index in [1.807, 2.05) is 0 Å². The highest BCUT2D eigenvalue weighted by Gasteiger charge is 2.42. The minimum Gasteiger partial charge on any atom is -0.352 e. The highest BCUT2D eigenvalue weighted by atomic mass is 16.7. The van der Waals surface area contributed by atoms with Crippen LogP contribution in [0.3, 0.4) is 0 Å². The third kappa shape index (κ3) is 1.57. The first-order chi connectivity index (χ1) is 5.27. The maximum absolute atomic E-state index is 5.66. The normalized spacial score (nSPS) is 50.7. The summed E-state index contributed by atoms with van der Waals surface area (Å²) in [6.07, 6.45) is 2.87. The van der Waals surface area contributed by atoms with Crippen molar-refractivity contribution in [2.45, 2.75) is 39.1 Å². The molecule has 1 saturated heterocycles. The van der Waals surface area contributed by atoms with Crippen molar-refractivity contribution in [3.8, 4) is 0 Å². The topological polar surface area (TPSA) is 18.5 Å². The van der Waals surface area contributed by atoms with Gasteiger partial charge in [-0.15, -0.1) is 0 Å². The molecule has 0 aromatic heterocycles. The molecule has 0 bridgehead atoms. The van der Waals surface area contributed by atoms with Crippen LogP contribution in [0.15, 0.2) is 0 Å². The maximum atomic E-state index is 5.66. The smallest absolute Gasteiger partial charge is 0.160 e. The molecular weight excluding hydrogens is 140 g/mol. The molecule has 0 aromatic rings. The summed E-state index contributed by atoms with van der Waals surface area (Å²) in [5.74, 6) is 1.52. The Morgan fingerprint density at radius 1 is 1.27 bits per heavy atom. The molecule has 2 fully saturated rings. The highest BCUT2D eigenvalue weighted by molar-refractivity contribution is 4.86. The van der Waals surface area contributed by atoms with Crippen LogP contribution in [0, 0.1) is 11.8 Å². The summed E-state index contributed by atoms with van der Waals surface area (Å²) in [7, 11) is 0. The van der Waals surface area contributed by atoms with Crippen LogP contribution in [0.5, 0.6) is 0 Å². The van der Waals surface area contributed by atoms with E-state index < -0.39 is 0 Å². The van der Waals surface area contributed by atoms with Gasteiger partial charge in [-0.25, -0.2) is 0 Å². The molecule has 0 spiro atoms. The molecule has 1 heterocycles. The van der Waals surface area contributed by atoms with Gasteiger partial charge in [0.25, 0.3) is 0 Å². The van der Waals surface area contributed by atoms with Gasteiger partial charge in [0.15, 0.2) is 6.29 Å². The van der Waals surface area contributed by atoms with Crippen LogP contribution in [0.2, 0.25) is 0 Å². The average molecular weight is 156 g/mol. The fraction of sp³-hybridized carbons (Fsp3) is 1.00. The van der Waals surface area contributed by atoms with Gasteiger partial charge in [0, 0.05) is 5.92 Å². The third-order valence-corrected chi connectivity index (χ3v) is 2.69. The zero-order valence-electron chi connectivity index (χ0n) is 7.25. The summed E-state index contributed by atoms with van der Waals surface area (Å²) < 4.78 is 11.2. The van der Waals surface area contributed by atoms with Crippen LogP contribution in [0.25, 0.3) is 0 Å². The van der Waals surface area contributed by atoms with Crippen LogP contribution in [0.1, 0.15) is 26.7 Å². The fourth-order valence-corrected chi connectivity index (χ4v) is 1.64. The van der Waals surface area contributed by atoms with Crippen molar-refractivity contribution in [1.82, 2.24) is 0 Å². The fourth-order valence-electron chi connectivity index (χ4n) is 1.64. The van der Waals surface area contributed by atoms with Gasteiger partial charge in [0.2, 0.25) is 0 Å². The minimum absolute atomic E-state index is 0.119. The molecule has 64 valence electrons. The van der Waals surface area contributed by atoms with Crippen LogP contribution < -0.4 is 0 Å². The van der Waals surface area contributed by atoms with E-state index in [0.717, 1.165) is 18.9 Å². The molecule has 1 aliphatic heterocycles. The quantitative estimate of drug-likeness (QED) is 0.576. The lowest BCUT2D eigenvalue weighted by atomic mass is 10.2. The lowest BCUT2D eigenvalue weighted by Crippen LogP contribution is -2.32. The molecule has 2 heteroatoms. The molecule has 2 aliphatic rings. The van der Waals surface area contributed by atoms with Crippen molar-refractivity contribution >= 4 is 0 Å². The van der Waals surface area contributed by atoms with Gasteiger partial charge >= 0.3 is 0 Å². The molecule has 1 saturated carbocycles. The van der Waals surface area contributed by atoms with Crippen molar-refractivity contribution in [3.63, 3.8) is 0 Å². The number of ether oxygens (including phenoxy) is 2. The Hall–Kier alpha value is -0.0800. The Morgan fingerprint density at radius 3 is 2.55 bits per heavy atom. The highest BCUT2D eigenvalue weighted by Crippen LogP contribution is 2.43. The summed E-state index contributed by atoms with van der Waals surface area (Å²) in [6.45, 7) is 5.27. The largest absolute Gasteiger partial charge is 0.352 e. The van der Waals surface area contributed by atoms with Crippen LogP contribution in [0.4, 0.5) is 0 Å². The summed E-state index contributed by atoms with van der Waals surface area (Å²) >= 11 is 0. The van der Waals surface area contributed by atoms with E-state index in [1.54, 1.807) is 0 Å². The van der Waals surface area contributed by atoms with Gasteiger partial charge in [-0.3, -0.25) is 0 Å². The predicted molar refractivity (Wildman–Crippen MR) is 42.2 cm³/mol. The molecule has 11 heavy (non-hydrogen) atoms. The second kappa shape index (κ2) is 2.76. The lowest BCUT2D eigenvalue weighted by Gasteiger charge is -2.28. The summed E-state index contributed by atoms with van der Waals surface area (Å²) in [5, 5.41) is 0. The zero-order chi connectivity index (χ0) is 7.84. The SMILES string of the molecule is CC1CCOC(C2CC2C)O1. The first-order valence-electron chi connectivity index (χ1n) is 4.54. The molecule has 0 aromatic carbocycles. The second-order valence-electron chi connectivity index (χ2n) is 3.85. The third-order valence-electron chi connectivity index (χ3n) is 2.69. The molecular formula is C9H16O2. The Balaban J connectivity index is 1.84.